The van der Waals surface area contributed by atoms with Gasteiger partial charge in [0.1, 0.15) is 23.0 Å². The first-order chi connectivity index (χ1) is 13.5. The maximum atomic E-state index is 14.3. The van der Waals surface area contributed by atoms with Gasteiger partial charge in [0.25, 0.3) is 16.8 Å². The summed E-state index contributed by atoms with van der Waals surface area (Å²) in [4.78, 5) is 39.9. The van der Waals surface area contributed by atoms with Gasteiger partial charge in [-0.1, -0.05) is 6.07 Å². The zero-order valence-electron chi connectivity index (χ0n) is 15.0. The summed E-state index contributed by atoms with van der Waals surface area (Å²) in [6.45, 7) is 2.49. The number of halogens is 1. The van der Waals surface area contributed by atoms with Crippen molar-refractivity contribution in [1.29, 1.82) is 0 Å². The largest absolute Gasteiger partial charge is 0.446 e. The van der Waals surface area contributed by atoms with Crippen LogP contribution >= 0.6 is 0 Å². The highest BCUT2D eigenvalue weighted by molar-refractivity contribution is 6.04. The quantitative estimate of drug-likeness (QED) is 0.420. The number of anilines is 3. The number of aryl methyl sites for hydroxylation is 2. The average molecular weight is 384 g/mol. The maximum Gasteiger partial charge on any atom is 0.254 e. The smallest absolute Gasteiger partial charge is 0.254 e. The molecule has 0 saturated carbocycles. The fourth-order valence-electron chi connectivity index (χ4n) is 3.19. The molecule has 1 aliphatic heterocycles. The minimum Gasteiger partial charge on any atom is -0.446 e. The summed E-state index contributed by atoms with van der Waals surface area (Å²) in [5, 5.41) is 8.16. The van der Waals surface area contributed by atoms with Crippen LogP contribution in [0.15, 0.2) is 32.3 Å². The highest BCUT2D eigenvalue weighted by atomic mass is 19.1. The van der Waals surface area contributed by atoms with E-state index in [-0.39, 0.29) is 22.6 Å². The molecule has 4 rings (SSSR count). The predicted molar refractivity (Wildman–Crippen MR) is 100 cm³/mol. The Balaban J connectivity index is 1.48. The van der Waals surface area contributed by atoms with E-state index in [0.29, 0.717) is 37.4 Å². The maximum absolute atomic E-state index is 14.3. The zero-order valence-corrected chi connectivity index (χ0v) is 15.0. The number of oxazole rings is 1. The molecule has 3 aromatic rings. The molecule has 1 aromatic heterocycles. The summed E-state index contributed by atoms with van der Waals surface area (Å²) in [7, 11) is 0. The highest BCUT2D eigenvalue weighted by Crippen LogP contribution is 2.31. The first-order valence-electron chi connectivity index (χ1n) is 8.80. The third-order valence-corrected chi connectivity index (χ3v) is 4.61. The second-order valence-corrected chi connectivity index (χ2v) is 6.57. The second kappa shape index (κ2) is 6.91. The van der Waals surface area contributed by atoms with Crippen molar-refractivity contribution >= 4 is 23.0 Å². The molecule has 9 heteroatoms. The van der Waals surface area contributed by atoms with Crippen LogP contribution in [0.1, 0.15) is 34.0 Å². The van der Waals surface area contributed by atoms with Gasteiger partial charge in [-0.3, -0.25) is 14.4 Å². The lowest BCUT2D eigenvalue weighted by Crippen LogP contribution is -2.37. The van der Waals surface area contributed by atoms with Crippen molar-refractivity contribution in [1.82, 2.24) is 10.3 Å². The van der Waals surface area contributed by atoms with E-state index >= 15 is 0 Å². The van der Waals surface area contributed by atoms with E-state index < -0.39 is 22.6 Å². The van der Waals surface area contributed by atoms with Crippen LogP contribution in [-0.2, 0) is 13.0 Å². The Kier molecular flexibility index (Phi) is 4.42. The van der Waals surface area contributed by atoms with E-state index in [2.05, 4.69) is 20.9 Å². The van der Waals surface area contributed by atoms with Gasteiger partial charge < -0.3 is 20.4 Å². The minimum atomic E-state index is -0.749. The van der Waals surface area contributed by atoms with E-state index in [1.807, 2.05) is 0 Å². The Morgan fingerprint density at radius 3 is 2.71 bits per heavy atom. The van der Waals surface area contributed by atoms with Crippen LogP contribution in [0, 0.1) is 12.7 Å². The first-order valence-corrected chi connectivity index (χ1v) is 8.80. The summed E-state index contributed by atoms with van der Waals surface area (Å²) in [5.74, 6) is 0.217. The molecule has 1 aliphatic rings. The topological polar surface area (TPSA) is 113 Å². The number of amides is 1. The normalized spacial score (nSPS) is 12.9. The monoisotopic (exact) mass is 384 g/mol. The second-order valence-electron chi connectivity index (χ2n) is 6.57. The van der Waals surface area contributed by atoms with Crippen molar-refractivity contribution in [2.75, 3.05) is 17.2 Å². The minimum absolute atomic E-state index is 0.0380. The van der Waals surface area contributed by atoms with Crippen LogP contribution in [0.2, 0.25) is 0 Å². The molecule has 28 heavy (non-hydrogen) atoms. The number of carbonyl (C=O) groups excluding carboxylic acids is 1. The standard InChI is InChI=1S/C19H17FN4O4/c1-9-7-22-12(28-9)3-2-6-21-15-16(18(26)17(15)25)24-14-11(20)5-4-10-8-23-19(27)13(10)14/h4-5,7,21,24H,2-3,6,8H2,1H3,(H,23,27). The lowest BCUT2D eigenvalue weighted by Gasteiger charge is -2.16. The van der Waals surface area contributed by atoms with Crippen LogP contribution in [-0.4, -0.2) is 17.4 Å². The fraction of sp³-hybridized carbons (Fsp3) is 0.263. The van der Waals surface area contributed by atoms with Crippen molar-refractivity contribution in [3.05, 3.63) is 67.4 Å². The Morgan fingerprint density at radius 2 is 1.96 bits per heavy atom. The van der Waals surface area contributed by atoms with Crippen molar-refractivity contribution in [3.8, 4) is 0 Å². The number of rotatable bonds is 7. The van der Waals surface area contributed by atoms with Crippen LogP contribution < -0.4 is 26.8 Å². The molecule has 0 fully saturated rings. The summed E-state index contributed by atoms with van der Waals surface area (Å²) >= 11 is 0. The molecule has 8 nitrogen and oxygen atoms in total. The average Bonchev–Trinajstić information content (AvgIpc) is 3.27. The van der Waals surface area contributed by atoms with Crippen LogP contribution in [0.5, 0.6) is 0 Å². The van der Waals surface area contributed by atoms with Gasteiger partial charge in [-0.25, -0.2) is 9.37 Å². The van der Waals surface area contributed by atoms with Gasteiger partial charge in [-0.2, -0.15) is 0 Å². The number of hydrogen-bond donors (Lipinski definition) is 3. The molecule has 0 spiro atoms. The molecular weight excluding hydrogens is 367 g/mol. The lowest BCUT2D eigenvalue weighted by molar-refractivity contribution is 0.0966. The van der Waals surface area contributed by atoms with Crippen LogP contribution in [0.4, 0.5) is 21.5 Å². The van der Waals surface area contributed by atoms with Crippen molar-refractivity contribution in [2.45, 2.75) is 26.3 Å². The van der Waals surface area contributed by atoms with Crippen LogP contribution in [0.25, 0.3) is 0 Å². The summed E-state index contributed by atoms with van der Waals surface area (Å²) < 4.78 is 19.7. The Morgan fingerprint density at radius 1 is 1.18 bits per heavy atom. The number of hydrogen-bond acceptors (Lipinski definition) is 7. The molecule has 0 aliphatic carbocycles. The van der Waals surface area contributed by atoms with E-state index in [1.54, 1.807) is 13.1 Å². The van der Waals surface area contributed by atoms with E-state index in [4.69, 9.17) is 4.42 Å². The highest BCUT2D eigenvalue weighted by Gasteiger charge is 2.28. The third kappa shape index (κ3) is 3.04. The number of carbonyl (C=O) groups is 1. The van der Waals surface area contributed by atoms with Crippen molar-refractivity contribution in [3.63, 3.8) is 0 Å². The van der Waals surface area contributed by atoms with Gasteiger partial charge in [-0.15, -0.1) is 0 Å². The Labute approximate surface area is 158 Å². The van der Waals surface area contributed by atoms with Crippen molar-refractivity contribution in [2.24, 2.45) is 0 Å². The molecule has 1 amide bonds. The summed E-state index contributed by atoms with van der Waals surface area (Å²) in [6.07, 6.45) is 2.82. The summed E-state index contributed by atoms with van der Waals surface area (Å²) in [6, 6.07) is 2.73. The van der Waals surface area contributed by atoms with E-state index in [9.17, 15) is 18.8 Å². The van der Waals surface area contributed by atoms with Gasteiger partial charge >= 0.3 is 0 Å². The Bertz CT molecular complexity index is 1140. The molecule has 0 bridgehead atoms. The molecule has 0 radical (unpaired) electrons. The molecule has 0 atom stereocenters. The number of nitrogens with zero attached hydrogens (tertiary/aromatic N) is 1. The van der Waals surface area contributed by atoms with Gasteiger partial charge in [0.15, 0.2) is 5.89 Å². The molecule has 2 aromatic carbocycles. The fourth-order valence-corrected chi connectivity index (χ4v) is 3.19. The van der Waals surface area contributed by atoms with Gasteiger partial charge in [0, 0.05) is 19.5 Å². The number of fused-ring (bicyclic) bond motifs is 1. The number of nitrogens with one attached hydrogen (secondary N) is 3. The third-order valence-electron chi connectivity index (χ3n) is 4.61. The molecule has 3 N–H and O–H groups in total. The van der Waals surface area contributed by atoms with Gasteiger partial charge in [0.2, 0.25) is 0 Å². The van der Waals surface area contributed by atoms with Gasteiger partial charge in [-0.05, 0) is 25.0 Å². The molecule has 2 heterocycles. The van der Waals surface area contributed by atoms with Gasteiger partial charge in [0.05, 0.1) is 17.4 Å². The molecular formula is C19H17FN4O4. The number of aromatic nitrogens is 1. The molecule has 144 valence electrons. The molecule has 0 unspecified atom stereocenters. The molecule has 0 saturated heterocycles. The van der Waals surface area contributed by atoms with E-state index in [1.165, 1.54) is 12.1 Å². The van der Waals surface area contributed by atoms with E-state index in [0.717, 1.165) is 5.76 Å². The lowest BCUT2D eigenvalue weighted by atomic mass is 10.1. The zero-order chi connectivity index (χ0) is 19.8. The number of benzene rings is 1. The van der Waals surface area contributed by atoms with Crippen LogP contribution in [0.3, 0.4) is 0 Å². The first kappa shape index (κ1) is 17.9. The Hall–Kier alpha value is -3.49. The SMILES string of the molecule is Cc1cnc(CCCNc2c(Nc3c(F)ccc4c3C(=O)NC4)c(=O)c2=O)o1. The van der Waals surface area contributed by atoms with Crippen molar-refractivity contribution < 1.29 is 13.6 Å². The predicted octanol–water partition coefficient (Wildman–Crippen LogP) is 1.75. The summed E-state index contributed by atoms with van der Waals surface area (Å²) in [5.41, 5.74) is -0.694.